The Labute approximate surface area is 127 Å². The van der Waals surface area contributed by atoms with Crippen LogP contribution in [0, 0.1) is 0 Å². The molecule has 0 aliphatic carbocycles. The summed E-state index contributed by atoms with van der Waals surface area (Å²) in [6, 6.07) is 6.99. The molecule has 0 saturated carbocycles. The molecular weight excluding hydrogens is 288 g/mol. The van der Waals surface area contributed by atoms with Crippen molar-refractivity contribution in [1.82, 2.24) is 4.72 Å². The van der Waals surface area contributed by atoms with E-state index in [-0.39, 0.29) is 6.10 Å². The second-order valence-electron chi connectivity index (χ2n) is 5.71. The summed E-state index contributed by atoms with van der Waals surface area (Å²) in [5.41, 5.74) is 0.0819. The van der Waals surface area contributed by atoms with E-state index in [0.717, 1.165) is 13.0 Å². The fraction of sp³-hybridized carbons (Fsp3) is 0.600. The Morgan fingerprint density at radius 2 is 2.10 bits per heavy atom. The Bertz CT molecular complexity index is 588. The van der Waals surface area contributed by atoms with Gasteiger partial charge in [-0.15, -0.1) is 0 Å². The summed E-state index contributed by atoms with van der Waals surface area (Å²) in [6.07, 6.45) is 1.48. The summed E-state index contributed by atoms with van der Waals surface area (Å²) in [5, 5.41) is 3.17. The summed E-state index contributed by atoms with van der Waals surface area (Å²) >= 11 is 0. The van der Waals surface area contributed by atoms with Crippen molar-refractivity contribution < 1.29 is 13.2 Å². The first-order chi connectivity index (χ1) is 9.89. The van der Waals surface area contributed by atoms with E-state index in [1.54, 1.807) is 18.2 Å². The van der Waals surface area contributed by atoms with Gasteiger partial charge in [-0.1, -0.05) is 19.1 Å². The summed E-state index contributed by atoms with van der Waals surface area (Å²) < 4.78 is 33.8. The molecule has 1 aliphatic rings. The van der Waals surface area contributed by atoms with Gasteiger partial charge in [-0.05, 0) is 38.8 Å². The molecule has 1 aromatic rings. The highest BCUT2D eigenvalue weighted by Crippen LogP contribution is 2.29. The van der Waals surface area contributed by atoms with E-state index < -0.39 is 15.6 Å². The molecule has 5 nitrogen and oxygen atoms in total. The molecule has 1 heterocycles. The minimum absolute atomic E-state index is 0.136. The lowest BCUT2D eigenvalue weighted by Crippen LogP contribution is -2.50. The van der Waals surface area contributed by atoms with E-state index >= 15 is 0 Å². The lowest BCUT2D eigenvalue weighted by molar-refractivity contribution is 0.0957. The van der Waals surface area contributed by atoms with Crippen LogP contribution in [0.15, 0.2) is 29.2 Å². The Morgan fingerprint density at radius 1 is 1.38 bits per heavy atom. The highest BCUT2D eigenvalue weighted by molar-refractivity contribution is 7.89. The second kappa shape index (κ2) is 6.34. The second-order valence-corrected chi connectivity index (χ2v) is 7.36. The van der Waals surface area contributed by atoms with Crippen molar-refractivity contribution in [1.29, 1.82) is 0 Å². The van der Waals surface area contributed by atoms with Crippen LogP contribution in [0.2, 0.25) is 0 Å². The van der Waals surface area contributed by atoms with Crippen molar-refractivity contribution in [3.63, 3.8) is 0 Å². The molecule has 0 bridgehead atoms. The van der Waals surface area contributed by atoms with Gasteiger partial charge in [0.2, 0.25) is 10.0 Å². The molecular formula is C15H24N2O3S. The summed E-state index contributed by atoms with van der Waals surface area (Å²) in [4.78, 5) is 0.291. The number of hydrogen-bond donors (Lipinski definition) is 2. The first-order valence-electron chi connectivity index (χ1n) is 7.37. The van der Waals surface area contributed by atoms with Crippen LogP contribution in [0.3, 0.4) is 0 Å². The standard InChI is InChI=1S/C15H24N2O3S/c1-4-10-16-13-7-5-6-8-14(13)21(18,19)17-15(3)9-11-20-12(15)2/h5-8,12,16-17H,4,9-11H2,1-3H3. The van der Waals surface area contributed by atoms with Crippen LogP contribution in [0.1, 0.15) is 33.6 Å². The zero-order valence-corrected chi connectivity index (χ0v) is 13.7. The first kappa shape index (κ1) is 16.3. The number of benzene rings is 1. The molecule has 1 aliphatic heterocycles. The van der Waals surface area contributed by atoms with Crippen LogP contribution in [0.5, 0.6) is 0 Å². The van der Waals surface area contributed by atoms with Gasteiger partial charge < -0.3 is 10.1 Å². The molecule has 0 radical (unpaired) electrons. The number of anilines is 1. The SMILES string of the molecule is CCCNc1ccccc1S(=O)(=O)NC1(C)CCOC1C. The van der Waals surface area contributed by atoms with Gasteiger partial charge in [0.15, 0.2) is 0 Å². The molecule has 0 amide bonds. The number of rotatable bonds is 6. The van der Waals surface area contributed by atoms with Crippen LogP contribution in [-0.4, -0.2) is 33.2 Å². The van der Waals surface area contributed by atoms with Crippen molar-refractivity contribution in [3.05, 3.63) is 24.3 Å². The average molecular weight is 312 g/mol. The molecule has 2 rings (SSSR count). The molecule has 1 saturated heterocycles. The molecule has 118 valence electrons. The third kappa shape index (κ3) is 3.56. The van der Waals surface area contributed by atoms with Crippen molar-refractivity contribution in [3.8, 4) is 0 Å². The van der Waals surface area contributed by atoms with Crippen LogP contribution < -0.4 is 10.0 Å². The highest BCUT2D eigenvalue weighted by Gasteiger charge is 2.41. The molecule has 2 N–H and O–H groups in total. The van der Waals surface area contributed by atoms with Crippen molar-refractivity contribution in [2.24, 2.45) is 0 Å². The lowest BCUT2D eigenvalue weighted by atomic mass is 9.97. The third-order valence-corrected chi connectivity index (χ3v) is 5.67. The fourth-order valence-corrected chi connectivity index (χ4v) is 4.12. The molecule has 0 aromatic heterocycles. The minimum atomic E-state index is -3.59. The normalized spacial score (nSPS) is 26.0. The summed E-state index contributed by atoms with van der Waals surface area (Å²) in [7, 11) is -3.59. The summed E-state index contributed by atoms with van der Waals surface area (Å²) in [5.74, 6) is 0. The number of nitrogens with one attached hydrogen (secondary N) is 2. The van der Waals surface area contributed by atoms with Gasteiger partial charge in [-0.25, -0.2) is 13.1 Å². The third-order valence-electron chi connectivity index (χ3n) is 4.00. The van der Waals surface area contributed by atoms with Gasteiger partial charge in [0.05, 0.1) is 17.3 Å². The zero-order valence-electron chi connectivity index (χ0n) is 12.8. The Morgan fingerprint density at radius 3 is 2.71 bits per heavy atom. The maximum absolute atomic E-state index is 12.7. The molecule has 1 aromatic carbocycles. The number of para-hydroxylation sites is 1. The Kier molecular flexibility index (Phi) is 4.91. The fourth-order valence-electron chi connectivity index (χ4n) is 2.44. The smallest absolute Gasteiger partial charge is 0.243 e. The molecule has 2 atom stereocenters. The number of ether oxygens (including phenoxy) is 1. The van der Waals surface area contributed by atoms with E-state index in [1.165, 1.54) is 0 Å². The van der Waals surface area contributed by atoms with E-state index in [1.807, 2.05) is 26.8 Å². The van der Waals surface area contributed by atoms with Crippen LogP contribution in [0.25, 0.3) is 0 Å². The molecule has 6 heteroatoms. The van der Waals surface area contributed by atoms with E-state index in [4.69, 9.17) is 4.74 Å². The molecule has 21 heavy (non-hydrogen) atoms. The lowest BCUT2D eigenvalue weighted by Gasteiger charge is -2.29. The van der Waals surface area contributed by atoms with Crippen molar-refractivity contribution in [2.45, 2.75) is 50.2 Å². The average Bonchev–Trinajstić information content (AvgIpc) is 2.75. The van der Waals surface area contributed by atoms with Crippen molar-refractivity contribution >= 4 is 15.7 Å². The number of sulfonamides is 1. The quantitative estimate of drug-likeness (QED) is 0.846. The van der Waals surface area contributed by atoms with Gasteiger partial charge in [0, 0.05) is 13.2 Å². The van der Waals surface area contributed by atoms with E-state index in [0.29, 0.717) is 23.6 Å². The van der Waals surface area contributed by atoms with Gasteiger partial charge in [0.1, 0.15) is 4.90 Å². The molecule has 1 fully saturated rings. The van der Waals surface area contributed by atoms with E-state index in [9.17, 15) is 8.42 Å². The van der Waals surface area contributed by atoms with Gasteiger partial charge in [-0.2, -0.15) is 0 Å². The molecule has 2 unspecified atom stereocenters. The Balaban J connectivity index is 2.27. The minimum Gasteiger partial charge on any atom is -0.384 e. The topological polar surface area (TPSA) is 67.4 Å². The first-order valence-corrected chi connectivity index (χ1v) is 8.86. The predicted octanol–water partition coefficient (Wildman–Crippen LogP) is 2.35. The zero-order chi connectivity index (χ0) is 15.5. The maximum Gasteiger partial charge on any atom is 0.243 e. The van der Waals surface area contributed by atoms with Gasteiger partial charge in [-0.3, -0.25) is 0 Å². The van der Waals surface area contributed by atoms with Crippen LogP contribution in [-0.2, 0) is 14.8 Å². The monoisotopic (exact) mass is 312 g/mol. The number of hydrogen-bond acceptors (Lipinski definition) is 4. The Hall–Kier alpha value is -1.11. The maximum atomic E-state index is 12.7. The predicted molar refractivity (Wildman–Crippen MR) is 84.0 cm³/mol. The van der Waals surface area contributed by atoms with Crippen molar-refractivity contribution in [2.75, 3.05) is 18.5 Å². The van der Waals surface area contributed by atoms with Crippen LogP contribution >= 0.6 is 0 Å². The van der Waals surface area contributed by atoms with Gasteiger partial charge >= 0.3 is 0 Å². The summed E-state index contributed by atoms with van der Waals surface area (Å²) in [6.45, 7) is 7.15. The van der Waals surface area contributed by atoms with Gasteiger partial charge in [0.25, 0.3) is 0 Å². The van der Waals surface area contributed by atoms with E-state index in [2.05, 4.69) is 10.0 Å². The molecule has 0 spiro atoms. The largest absolute Gasteiger partial charge is 0.384 e. The van der Waals surface area contributed by atoms with Crippen LogP contribution in [0.4, 0.5) is 5.69 Å². The highest BCUT2D eigenvalue weighted by atomic mass is 32.2.